The zero-order valence-electron chi connectivity index (χ0n) is 15.1. The van der Waals surface area contributed by atoms with Crippen LogP contribution in [0.3, 0.4) is 0 Å². The first kappa shape index (κ1) is 19.0. The number of carbonyl (C=O) groups is 2. The monoisotopic (exact) mass is 336 g/mol. The normalized spacial score (nSPS) is 28.3. The van der Waals surface area contributed by atoms with E-state index < -0.39 is 11.9 Å². The van der Waals surface area contributed by atoms with E-state index >= 15 is 0 Å². The molecule has 2 rings (SSSR count). The molecule has 2 aliphatic rings. The maximum atomic E-state index is 11.9. The van der Waals surface area contributed by atoms with Crippen molar-refractivity contribution in [1.29, 1.82) is 0 Å². The third-order valence-electron chi connectivity index (χ3n) is 6.58. The highest BCUT2D eigenvalue weighted by atomic mass is 16.4. The second-order valence-corrected chi connectivity index (χ2v) is 7.59. The van der Waals surface area contributed by atoms with Crippen LogP contribution in [0.2, 0.25) is 0 Å². The first-order chi connectivity index (χ1) is 11.5. The Balaban J connectivity index is 2.64. The number of rotatable bonds is 6. The van der Waals surface area contributed by atoms with Gasteiger partial charge in [-0.25, -0.2) is 9.59 Å². The lowest BCUT2D eigenvalue weighted by Gasteiger charge is -2.49. The van der Waals surface area contributed by atoms with Gasteiger partial charge in [-0.1, -0.05) is 52.4 Å². The van der Waals surface area contributed by atoms with Gasteiger partial charge in [0.2, 0.25) is 0 Å². The minimum Gasteiger partial charge on any atom is -0.477 e. The Bertz CT molecular complexity index is 486. The van der Waals surface area contributed by atoms with E-state index in [1.165, 1.54) is 12.8 Å². The Kier molecular flexibility index (Phi) is 6.47. The van der Waals surface area contributed by atoms with Crippen LogP contribution in [-0.2, 0) is 9.59 Å². The van der Waals surface area contributed by atoms with E-state index in [0.29, 0.717) is 5.92 Å². The summed E-state index contributed by atoms with van der Waals surface area (Å²) in [6, 6.07) is 0. The topological polar surface area (TPSA) is 74.6 Å². The number of hydrogen-bond acceptors (Lipinski definition) is 2. The van der Waals surface area contributed by atoms with Gasteiger partial charge >= 0.3 is 11.9 Å². The molecule has 136 valence electrons. The molecular formula is C20H32O4. The molecule has 0 amide bonds. The van der Waals surface area contributed by atoms with E-state index in [4.69, 9.17) is 0 Å². The van der Waals surface area contributed by atoms with Gasteiger partial charge in [0.05, 0.1) is 0 Å². The van der Waals surface area contributed by atoms with Gasteiger partial charge in [-0.2, -0.15) is 0 Å². The number of hydrogen-bond donors (Lipinski definition) is 2. The van der Waals surface area contributed by atoms with E-state index in [1.807, 2.05) is 0 Å². The van der Waals surface area contributed by atoms with Crippen molar-refractivity contribution in [2.24, 2.45) is 17.3 Å². The molecule has 0 heterocycles. The van der Waals surface area contributed by atoms with E-state index in [2.05, 4.69) is 13.8 Å². The minimum atomic E-state index is -1.25. The molecule has 0 aromatic carbocycles. The largest absolute Gasteiger partial charge is 0.477 e. The fourth-order valence-corrected chi connectivity index (χ4v) is 5.49. The molecule has 2 N–H and O–H groups in total. The molecule has 0 saturated heterocycles. The molecule has 2 atom stereocenters. The van der Waals surface area contributed by atoms with Gasteiger partial charge in [-0.05, 0) is 54.9 Å². The van der Waals surface area contributed by atoms with Crippen molar-refractivity contribution in [3.63, 3.8) is 0 Å². The summed E-state index contributed by atoms with van der Waals surface area (Å²) in [5, 5.41) is 19.4. The fraction of sp³-hybridized carbons (Fsp3) is 0.800. The van der Waals surface area contributed by atoms with Crippen LogP contribution in [-0.4, -0.2) is 22.2 Å². The highest BCUT2D eigenvalue weighted by molar-refractivity contribution is 6.13. The van der Waals surface area contributed by atoms with Crippen LogP contribution in [0.5, 0.6) is 0 Å². The highest BCUT2D eigenvalue weighted by Gasteiger charge is 2.47. The van der Waals surface area contributed by atoms with Crippen molar-refractivity contribution >= 4 is 11.9 Å². The summed E-state index contributed by atoms with van der Waals surface area (Å²) in [6.07, 6.45) is 11.4. The third kappa shape index (κ3) is 3.52. The second-order valence-electron chi connectivity index (χ2n) is 7.59. The molecule has 0 bridgehead atoms. The average Bonchev–Trinajstić information content (AvgIpc) is 2.59. The molecular weight excluding hydrogens is 304 g/mol. The van der Waals surface area contributed by atoms with Crippen LogP contribution in [0.4, 0.5) is 0 Å². The van der Waals surface area contributed by atoms with Gasteiger partial charge in [-0.15, -0.1) is 0 Å². The van der Waals surface area contributed by atoms with E-state index in [9.17, 15) is 19.8 Å². The maximum Gasteiger partial charge on any atom is 0.343 e. The Labute approximate surface area is 145 Å². The Morgan fingerprint density at radius 3 is 2.00 bits per heavy atom. The molecule has 0 aromatic heterocycles. The summed E-state index contributed by atoms with van der Waals surface area (Å²) in [6.45, 7) is 4.29. The number of carboxylic acid groups (broad SMARTS) is 2. The summed E-state index contributed by atoms with van der Waals surface area (Å²) < 4.78 is 0. The van der Waals surface area contributed by atoms with Crippen molar-refractivity contribution in [1.82, 2.24) is 0 Å². The Morgan fingerprint density at radius 2 is 1.50 bits per heavy atom. The molecule has 4 heteroatoms. The molecule has 2 fully saturated rings. The van der Waals surface area contributed by atoms with Gasteiger partial charge in [0.15, 0.2) is 0 Å². The lowest BCUT2D eigenvalue weighted by Crippen LogP contribution is -2.40. The van der Waals surface area contributed by atoms with Crippen molar-refractivity contribution < 1.29 is 19.8 Å². The van der Waals surface area contributed by atoms with E-state index in [0.717, 1.165) is 63.4 Å². The summed E-state index contributed by atoms with van der Waals surface area (Å²) in [5.74, 6) is -1.97. The molecule has 0 aliphatic heterocycles. The molecule has 2 saturated carbocycles. The zero-order valence-corrected chi connectivity index (χ0v) is 15.1. The van der Waals surface area contributed by atoms with Crippen LogP contribution in [0.1, 0.15) is 84.5 Å². The SMILES string of the molecule is CCC1CCCCC1(CC)C(=C(C(=O)O)C(=O)O)C1CCCCC1. The number of aliphatic carboxylic acids is 2. The highest BCUT2D eigenvalue weighted by Crippen LogP contribution is 2.55. The smallest absolute Gasteiger partial charge is 0.343 e. The molecule has 0 radical (unpaired) electrons. The van der Waals surface area contributed by atoms with E-state index in [-0.39, 0.29) is 16.9 Å². The molecule has 0 aromatic rings. The lowest BCUT2D eigenvalue weighted by atomic mass is 9.55. The van der Waals surface area contributed by atoms with Gasteiger partial charge in [-0.3, -0.25) is 0 Å². The minimum absolute atomic E-state index is 0.132. The standard InChI is InChI=1S/C20H32O4/c1-3-15-12-8-9-13-20(15,4-2)17(14-10-6-5-7-11-14)16(18(21)22)19(23)24/h14-15H,3-13H2,1-2H3,(H,21,22)(H,23,24). The molecule has 0 spiro atoms. The van der Waals surface area contributed by atoms with Crippen molar-refractivity contribution in [3.8, 4) is 0 Å². The predicted molar refractivity (Wildman–Crippen MR) is 93.8 cm³/mol. The van der Waals surface area contributed by atoms with E-state index in [1.54, 1.807) is 0 Å². The second kappa shape index (κ2) is 8.17. The number of carboxylic acids is 2. The van der Waals surface area contributed by atoms with Crippen molar-refractivity contribution in [2.45, 2.75) is 84.5 Å². The lowest BCUT2D eigenvalue weighted by molar-refractivity contribution is -0.140. The van der Waals surface area contributed by atoms with Gasteiger partial charge in [0.1, 0.15) is 5.57 Å². The quantitative estimate of drug-likeness (QED) is 0.405. The van der Waals surface area contributed by atoms with Crippen LogP contribution in [0.15, 0.2) is 11.1 Å². The molecule has 2 unspecified atom stereocenters. The summed E-state index contributed by atoms with van der Waals surface area (Å²) in [5.41, 5.74) is 0.238. The first-order valence-electron chi connectivity index (χ1n) is 9.69. The zero-order chi connectivity index (χ0) is 17.7. The predicted octanol–water partition coefficient (Wildman–Crippen LogP) is 5.03. The van der Waals surface area contributed by atoms with Crippen molar-refractivity contribution in [2.75, 3.05) is 0 Å². The number of allylic oxidation sites excluding steroid dienone is 1. The average molecular weight is 336 g/mol. The summed E-state index contributed by atoms with van der Waals surface area (Å²) in [4.78, 5) is 23.8. The third-order valence-corrected chi connectivity index (χ3v) is 6.58. The van der Waals surface area contributed by atoms with Crippen LogP contribution in [0.25, 0.3) is 0 Å². The molecule has 2 aliphatic carbocycles. The Morgan fingerprint density at radius 1 is 0.917 bits per heavy atom. The summed E-state index contributed by atoms with van der Waals surface area (Å²) in [7, 11) is 0. The van der Waals surface area contributed by atoms with Crippen LogP contribution in [0, 0.1) is 17.3 Å². The van der Waals surface area contributed by atoms with Gasteiger partial charge in [0.25, 0.3) is 0 Å². The summed E-state index contributed by atoms with van der Waals surface area (Å²) >= 11 is 0. The molecule has 24 heavy (non-hydrogen) atoms. The first-order valence-corrected chi connectivity index (χ1v) is 9.69. The van der Waals surface area contributed by atoms with Crippen LogP contribution >= 0.6 is 0 Å². The fourth-order valence-electron chi connectivity index (χ4n) is 5.49. The van der Waals surface area contributed by atoms with Crippen LogP contribution < -0.4 is 0 Å². The molecule has 4 nitrogen and oxygen atoms in total. The maximum absolute atomic E-state index is 11.9. The van der Waals surface area contributed by atoms with Gasteiger partial charge in [0, 0.05) is 0 Å². The van der Waals surface area contributed by atoms with Crippen molar-refractivity contribution in [3.05, 3.63) is 11.1 Å². The Hall–Kier alpha value is -1.32. The van der Waals surface area contributed by atoms with Gasteiger partial charge < -0.3 is 10.2 Å².